The van der Waals surface area contributed by atoms with Gasteiger partial charge in [0.2, 0.25) is 0 Å². The van der Waals surface area contributed by atoms with E-state index >= 15 is 0 Å². The van der Waals surface area contributed by atoms with E-state index in [2.05, 4.69) is 11.3 Å². The molecule has 0 aliphatic heterocycles. The first-order chi connectivity index (χ1) is 5.87. The van der Waals surface area contributed by atoms with Gasteiger partial charge >= 0.3 is 14.8 Å². The molecule has 3 N–H and O–H groups in total. The minimum atomic E-state index is -4.31. The van der Waals surface area contributed by atoms with Crippen molar-refractivity contribution in [3.63, 3.8) is 0 Å². The first-order valence-corrected chi connectivity index (χ1v) is 5.43. The second kappa shape index (κ2) is 4.93. The molecule has 0 heterocycles. The molecule has 0 saturated heterocycles. The van der Waals surface area contributed by atoms with Crippen molar-refractivity contribution >= 4 is 14.8 Å². The highest BCUT2D eigenvalue weighted by Crippen LogP contribution is 2.00. The van der Waals surface area contributed by atoms with Crippen molar-refractivity contribution in [1.29, 1.82) is 0 Å². The van der Waals surface area contributed by atoms with Crippen LogP contribution in [0.1, 0.15) is 6.92 Å². The standard InChI is InChI=1S/C7H12O5Si/c1-3-4-12-7(8)6(2)5-13(9,10)11/h3,5,9-11H,1,4H2,2H3. The van der Waals surface area contributed by atoms with Crippen molar-refractivity contribution in [3.05, 3.63) is 23.9 Å². The maximum Gasteiger partial charge on any atom is 0.521 e. The van der Waals surface area contributed by atoms with Crippen molar-refractivity contribution in [3.8, 4) is 0 Å². The van der Waals surface area contributed by atoms with Crippen LogP contribution in [-0.2, 0) is 9.53 Å². The second-order valence-electron chi connectivity index (χ2n) is 2.40. The molecule has 0 radical (unpaired) electrons. The van der Waals surface area contributed by atoms with Gasteiger partial charge in [0.05, 0.1) is 0 Å². The normalized spacial score (nSPS) is 12.5. The average molecular weight is 204 g/mol. The van der Waals surface area contributed by atoms with Crippen LogP contribution in [0.3, 0.4) is 0 Å². The molecule has 0 aromatic heterocycles. The molecule has 0 saturated carbocycles. The molecule has 5 nitrogen and oxygen atoms in total. The number of carbonyl (C=O) groups excluding carboxylic acids is 1. The lowest BCUT2D eigenvalue weighted by Crippen LogP contribution is -2.33. The molecule has 13 heavy (non-hydrogen) atoms. The van der Waals surface area contributed by atoms with E-state index in [0.717, 1.165) is 0 Å². The zero-order valence-corrected chi connectivity index (χ0v) is 8.23. The monoisotopic (exact) mass is 204 g/mol. The molecule has 0 amide bonds. The highest BCUT2D eigenvalue weighted by Gasteiger charge is 2.25. The highest BCUT2D eigenvalue weighted by molar-refractivity contribution is 6.62. The Hall–Kier alpha value is -0.953. The molecule has 0 aromatic carbocycles. The summed E-state index contributed by atoms with van der Waals surface area (Å²) in [6.45, 7) is 4.69. The summed E-state index contributed by atoms with van der Waals surface area (Å²) in [6.07, 6.45) is 1.38. The molecule has 6 heteroatoms. The van der Waals surface area contributed by atoms with Crippen molar-refractivity contribution in [2.75, 3.05) is 6.61 Å². The Balaban J connectivity index is 4.25. The molecule has 0 spiro atoms. The lowest BCUT2D eigenvalue weighted by atomic mass is 10.4. The van der Waals surface area contributed by atoms with Crippen LogP contribution in [0.2, 0.25) is 0 Å². The fraction of sp³-hybridized carbons (Fsp3) is 0.286. The maximum atomic E-state index is 10.9. The Morgan fingerprint density at radius 3 is 2.46 bits per heavy atom. The summed E-state index contributed by atoms with van der Waals surface area (Å²) < 4.78 is 4.56. The summed E-state index contributed by atoms with van der Waals surface area (Å²) in [5, 5.41) is 0. The Kier molecular flexibility index (Phi) is 4.56. The van der Waals surface area contributed by atoms with Crippen LogP contribution < -0.4 is 0 Å². The lowest BCUT2D eigenvalue weighted by molar-refractivity contribution is -0.137. The van der Waals surface area contributed by atoms with E-state index in [9.17, 15) is 4.79 Å². The number of ether oxygens (including phenoxy) is 1. The second-order valence-corrected chi connectivity index (χ2v) is 4.07. The van der Waals surface area contributed by atoms with Crippen molar-refractivity contribution in [2.24, 2.45) is 0 Å². The molecule has 0 rings (SSSR count). The van der Waals surface area contributed by atoms with Gasteiger partial charge in [0.15, 0.2) is 0 Å². The lowest BCUT2D eigenvalue weighted by Gasteiger charge is -2.05. The van der Waals surface area contributed by atoms with Gasteiger partial charge in [-0.15, -0.1) is 0 Å². The van der Waals surface area contributed by atoms with Gasteiger partial charge in [-0.3, -0.25) is 0 Å². The van der Waals surface area contributed by atoms with E-state index < -0.39 is 14.8 Å². The summed E-state index contributed by atoms with van der Waals surface area (Å²) in [5.41, 5.74) is 0.666. The van der Waals surface area contributed by atoms with Gasteiger partial charge < -0.3 is 19.1 Å². The SMILES string of the molecule is C=CCOC(=O)C(C)=C[Si](O)(O)O. The summed E-state index contributed by atoms with van der Waals surface area (Å²) in [5.74, 6) is -0.714. The predicted octanol–water partition coefficient (Wildman–Crippen LogP) is -0.883. The summed E-state index contributed by atoms with van der Waals surface area (Å²) in [4.78, 5) is 36.8. The van der Waals surface area contributed by atoms with Crippen molar-refractivity contribution < 1.29 is 23.9 Å². The smallest absolute Gasteiger partial charge is 0.458 e. The van der Waals surface area contributed by atoms with E-state index in [1.54, 1.807) is 0 Å². The van der Waals surface area contributed by atoms with Crippen molar-refractivity contribution in [2.45, 2.75) is 6.92 Å². The largest absolute Gasteiger partial charge is 0.521 e. The molecule has 0 aliphatic carbocycles. The highest BCUT2D eigenvalue weighted by atomic mass is 28.4. The third-order valence-corrected chi connectivity index (χ3v) is 1.88. The van der Waals surface area contributed by atoms with E-state index in [4.69, 9.17) is 14.4 Å². The van der Waals surface area contributed by atoms with Gasteiger partial charge in [0.25, 0.3) is 0 Å². The fourth-order valence-corrected chi connectivity index (χ4v) is 1.30. The first kappa shape index (κ1) is 12.0. The molecule has 0 aliphatic rings. The van der Waals surface area contributed by atoms with E-state index in [0.29, 0.717) is 5.70 Å². The fourth-order valence-electron chi connectivity index (χ4n) is 0.598. The molecule has 0 fully saturated rings. The average Bonchev–Trinajstić information content (AvgIpc) is 1.96. The molecular weight excluding hydrogens is 192 g/mol. The van der Waals surface area contributed by atoms with Crippen LogP contribution in [-0.4, -0.2) is 35.8 Å². The molecule has 0 unspecified atom stereocenters. The Morgan fingerprint density at radius 2 is 2.08 bits per heavy atom. The number of esters is 1. The molecule has 74 valence electrons. The molecule has 0 atom stereocenters. The Morgan fingerprint density at radius 1 is 1.54 bits per heavy atom. The van der Waals surface area contributed by atoms with E-state index in [1.165, 1.54) is 13.0 Å². The van der Waals surface area contributed by atoms with Gasteiger partial charge in [-0.05, 0) is 12.6 Å². The Labute approximate surface area is 77.0 Å². The van der Waals surface area contributed by atoms with E-state index in [-0.39, 0.29) is 12.2 Å². The minimum absolute atomic E-state index is 0.0407. The first-order valence-electron chi connectivity index (χ1n) is 3.51. The third-order valence-electron chi connectivity index (χ3n) is 1.06. The summed E-state index contributed by atoms with van der Waals surface area (Å²) in [7, 11) is -4.31. The van der Waals surface area contributed by atoms with Crippen LogP contribution in [0.15, 0.2) is 23.9 Å². The topological polar surface area (TPSA) is 87.0 Å². The van der Waals surface area contributed by atoms with Gasteiger partial charge in [-0.2, -0.15) is 0 Å². The predicted molar refractivity (Wildman–Crippen MR) is 47.3 cm³/mol. The van der Waals surface area contributed by atoms with Gasteiger partial charge in [-0.25, -0.2) is 4.79 Å². The number of carbonyl (C=O) groups is 1. The number of rotatable bonds is 4. The van der Waals surface area contributed by atoms with Gasteiger partial charge in [-0.1, -0.05) is 12.7 Å². The summed E-state index contributed by atoms with van der Waals surface area (Å²) in [6, 6.07) is 0. The molecular formula is C7H12O5Si. The van der Waals surface area contributed by atoms with Crippen LogP contribution >= 0.6 is 0 Å². The van der Waals surface area contributed by atoms with Crippen LogP contribution in [0.25, 0.3) is 0 Å². The minimum Gasteiger partial charge on any atom is -0.458 e. The molecule has 0 bridgehead atoms. The zero-order valence-electron chi connectivity index (χ0n) is 7.23. The Bertz CT molecular complexity index is 228. The van der Waals surface area contributed by atoms with Crippen LogP contribution in [0.5, 0.6) is 0 Å². The zero-order chi connectivity index (χ0) is 10.5. The maximum absolute atomic E-state index is 10.9. The number of hydrogen-bond acceptors (Lipinski definition) is 5. The quantitative estimate of drug-likeness (QED) is 0.239. The molecule has 0 aromatic rings. The van der Waals surface area contributed by atoms with Crippen LogP contribution in [0.4, 0.5) is 0 Å². The summed E-state index contributed by atoms with van der Waals surface area (Å²) >= 11 is 0. The van der Waals surface area contributed by atoms with E-state index in [1.807, 2.05) is 0 Å². The van der Waals surface area contributed by atoms with Gasteiger partial charge in [0, 0.05) is 5.57 Å². The van der Waals surface area contributed by atoms with Crippen LogP contribution in [0, 0.1) is 0 Å². The van der Waals surface area contributed by atoms with Crippen molar-refractivity contribution in [1.82, 2.24) is 0 Å². The number of hydrogen-bond donors (Lipinski definition) is 3. The third kappa shape index (κ3) is 6.23. The van der Waals surface area contributed by atoms with Gasteiger partial charge in [0.1, 0.15) is 6.61 Å².